The lowest BCUT2D eigenvalue weighted by Gasteiger charge is -2.20. The molecule has 1 N–H and O–H groups in total. The van der Waals surface area contributed by atoms with E-state index in [-0.39, 0.29) is 11.9 Å². The highest BCUT2D eigenvalue weighted by Gasteiger charge is 2.20. The van der Waals surface area contributed by atoms with Gasteiger partial charge in [0.2, 0.25) is 5.91 Å². The van der Waals surface area contributed by atoms with Crippen LogP contribution in [0.15, 0.2) is 24.3 Å². The number of rotatable bonds is 7. The summed E-state index contributed by atoms with van der Waals surface area (Å²) in [5, 5.41) is 3.12. The molecule has 1 aromatic rings. The molecule has 1 amide bonds. The van der Waals surface area contributed by atoms with Crippen molar-refractivity contribution in [2.24, 2.45) is 0 Å². The van der Waals surface area contributed by atoms with E-state index in [9.17, 15) is 4.79 Å². The Labute approximate surface area is 122 Å². The summed E-state index contributed by atoms with van der Waals surface area (Å²) in [6.45, 7) is 5.74. The van der Waals surface area contributed by atoms with E-state index in [1.54, 1.807) is 0 Å². The fourth-order valence-electron chi connectivity index (χ4n) is 2.84. The Bertz CT molecular complexity index is 444. The van der Waals surface area contributed by atoms with E-state index in [4.69, 9.17) is 0 Å². The van der Waals surface area contributed by atoms with E-state index in [0.29, 0.717) is 6.54 Å². The van der Waals surface area contributed by atoms with Gasteiger partial charge in [-0.2, -0.15) is 0 Å². The van der Waals surface area contributed by atoms with Gasteiger partial charge >= 0.3 is 0 Å². The maximum Gasteiger partial charge on any atom is 0.239 e. The van der Waals surface area contributed by atoms with Gasteiger partial charge in [-0.1, -0.05) is 44.4 Å². The lowest BCUT2D eigenvalue weighted by molar-refractivity contribution is -0.120. The molecule has 1 atom stereocenters. The van der Waals surface area contributed by atoms with Crippen molar-refractivity contribution in [3.63, 3.8) is 0 Å². The summed E-state index contributed by atoms with van der Waals surface area (Å²) in [5.74, 6) is 0.144. The fourth-order valence-corrected chi connectivity index (χ4v) is 2.84. The molecule has 3 heteroatoms. The first kappa shape index (κ1) is 14.9. The topological polar surface area (TPSA) is 32.3 Å². The Balaban J connectivity index is 1.78. The van der Waals surface area contributed by atoms with Crippen LogP contribution in [-0.2, 0) is 11.2 Å². The van der Waals surface area contributed by atoms with Crippen molar-refractivity contribution < 1.29 is 4.79 Å². The molecule has 0 spiro atoms. The third-order valence-corrected chi connectivity index (χ3v) is 3.97. The van der Waals surface area contributed by atoms with Gasteiger partial charge in [-0.05, 0) is 31.4 Å². The highest BCUT2D eigenvalue weighted by Crippen LogP contribution is 2.26. The van der Waals surface area contributed by atoms with Gasteiger partial charge < -0.3 is 10.2 Å². The Kier molecular flexibility index (Phi) is 5.45. The fraction of sp³-hybridized carbons (Fsp3) is 0.588. The van der Waals surface area contributed by atoms with Crippen molar-refractivity contribution in [2.45, 2.75) is 52.0 Å². The van der Waals surface area contributed by atoms with Crippen molar-refractivity contribution in [2.75, 3.05) is 18.0 Å². The van der Waals surface area contributed by atoms with E-state index in [0.717, 1.165) is 19.4 Å². The van der Waals surface area contributed by atoms with Crippen molar-refractivity contribution in [1.29, 1.82) is 0 Å². The number of carbonyl (C=O) groups is 1. The van der Waals surface area contributed by atoms with E-state index in [1.165, 1.54) is 30.5 Å². The van der Waals surface area contributed by atoms with Crippen molar-refractivity contribution in [3.8, 4) is 0 Å². The maximum absolute atomic E-state index is 12.1. The van der Waals surface area contributed by atoms with Crippen molar-refractivity contribution in [3.05, 3.63) is 29.8 Å². The van der Waals surface area contributed by atoms with Crippen LogP contribution >= 0.6 is 0 Å². The van der Waals surface area contributed by atoms with Crippen LogP contribution in [0.2, 0.25) is 0 Å². The molecule has 110 valence electrons. The number of hydrogen-bond donors (Lipinski definition) is 1. The predicted octanol–water partition coefficient (Wildman–Crippen LogP) is 3.13. The molecular formula is C17H26N2O. The quantitative estimate of drug-likeness (QED) is 0.775. The molecule has 0 fully saturated rings. The van der Waals surface area contributed by atoms with Gasteiger partial charge in [-0.15, -0.1) is 0 Å². The zero-order valence-corrected chi connectivity index (χ0v) is 12.7. The first-order chi connectivity index (χ1) is 9.70. The van der Waals surface area contributed by atoms with E-state index in [1.807, 2.05) is 6.07 Å². The molecule has 2 rings (SSSR count). The number of para-hydroxylation sites is 1. The van der Waals surface area contributed by atoms with Crippen molar-refractivity contribution in [1.82, 2.24) is 5.32 Å². The molecule has 0 aliphatic carbocycles. The number of nitrogens with one attached hydrogen (secondary N) is 1. The van der Waals surface area contributed by atoms with Crippen LogP contribution in [0.5, 0.6) is 0 Å². The van der Waals surface area contributed by atoms with Gasteiger partial charge in [-0.25, -0.2) is 0 Å². The number of hydrogen-bond acceptors (Lipinski definition) is 2. The lowest BCUT2D eigenvalue weighted by Crippen LogP contribution is -2.40. The zero-order chi connectivity index (χ0) is 14.4. The number of benzene rings is 1. The minimum atomic E-state index is 0.144. The maximum atomic E-state index is 12.1. The predicted molar refractivity (Wildman–Crippen MR) is 84.1 cm³/mol. The number of amides is 1. The van der Waals surface area contributed by atoms with Gasteiger partial charge in [0.1, 0.15) is 0 Å². The van der Waals surface area contributed by atoms with Gasteiger partial charge in [0, 0.05) is 18.3 Å². The summed E-state index contributed by atoms with van der Waals surface area (Å²) in [4.78, 5) is 14.3. The third-order valence-electron chi connectivity index (χ3n) is 3.97. The van der Waals surface area contributed by atoms with Gasteiger partial charge in [0.25, 0.3) is 0 Å². The summed E-state index contributed by atoms with van der Waals surface area (Å²) in [6, 6.07) is 8.66. The lowest BCUT2D eigenvalue weighted by atomic mass is 10.1. The molecule has 0 radical (unpaired) electrons. The molecule has 3 nitrogen and oxygen atoms in total. The number of fused-ring (bicyclic) bond motifs is 1. The Hall–Kier alpha value is -1.51. The second-order valence-electron chi connectivity index (χ2n) is 5.76. The summed E-state index contributed by atoms with van der Waals surface area (Å²) in [6.07, 6.45) is 5.81. The molecule has 0 saturated carbocycles. The third kappa shape index (κ3) is 3.99. The molecule has 1 aliphatic heterocycles. The van der Waals surface area contributed by atoms with E-state index < -0.39 is 0 Å². The largest absolute Gasteiger partial charge is 0.362 e. The Morgan fingerprint density at radius 3 is 2.95 bits per heavy atom. The number of nitrogens with zero attached hydrogens (tertiary/aromatic N) is 1. The smallest absolute Gasteiger partial charge is 0.239 e. The average Bonchev–Trinajstić information content (AvgIpc) is 2.82. The number of carbonyl (C=O) groups excluding carboxylic acids is 1. The molecule has 1 aromatic carbocycles. The Morgan fingerprint density at radius 1 is 1.35 bits per heavy atom. The Morgan fingerprint density at radius 2 is 2.15 bits per heavy atom. The molecule has 0 bridgehead atoms. The molecule has 1 aliphatic rings. The zero-order valence-electron chi connectivity index (χ0n) is 12.7. The molecule has 0 saturated heterocycles. The second kappa shape index (κ2) is 7.32. The van der Waals surface area contributed by atoms with Crippen LogP contribution in [0.3, 0.4) is 0 Å². The average molecular weight is 274 g/mol. The normalized spacial score (nSPS) is 15.0. The standard InChI is InChI=1S/C17H26N2O/c1-3-4-5-8-14(2)18-17(20)13-19-12-11-15-9-6-7-10-16(15)19/h6-7,9-10,14H,3-5,8,11-13H2,1-2H3,(H,18,20). The number of anilines is 1. The minimum Gasteiger partial charge on any atom is -0.362 e. The summed E-state index contributed by atoms with van der Waals surface area (Å²) in [7, 11) is 0. The molecule has 0 aromatic heterocycles. The molecule has 1 heterocycles. The van der Waals surface area contributed by atoms with Crippen LogP contribution in [0, 0.1) is 0 Å². The highest BCUT2D eigenvalue weighted by molar-refractivity contribution is 5.82. The molecule has 20 heavy (non-hydrogen) atoms. The van der Waals surface area contributed by atoms with Crippen LogP contribution in [0.4, 0.5) is 5.69 Å². The minimum absolute atomic E-state index is 0.144. The van der Waals surface area contributed by atoms with Crippen LogP contribution < -0.4 is 10.2 Å². The number of unbranched alkanes of at least 4 members (excludes halogenated alkanes) is 2. The van der Waals surface area contributed by atoms with E-state index in [2.05, 4.69) is 42.3 Å². The van der Waals surface area contributed by atoms with Crippen LogP contribution in [0.25, 0.3) is 0 Å². The first-order valence-corrected chi connectivity index (χ1v) is 7.83. The van der Waals surface area contributed by atoms with Crippen LogP contribution in [0.1, 0.15) is 45.1 Å². The molecule has 1 unspecified atom stereocenters. The first-order valence-electron chi connectivity index (χ1n) is 7.83. The summed E-state index contributed by atoms with van der Waals surface area (Å²) in [5.41, 5.74) is 2.58. The summed E-state index contributed by atoms with van der Waals surface area (Å²) < 4.78 is 0. The van der Waals surface area contributed by atoms with E-state index >= 15 is 0 Å². The summed E-state index contributed by atoms with van der Waals surface area (Å²) >= 11 is 0. The molecular weight excluding hydrogens is 248 g/mol. The van der Waals surface area contributed by atoms with Crippen LogP contribution in [-0.4, -0.2) is 25.0 Å². The van der Waals surface area contributed by atoms with Crippen molar-refractivity contribution >= 4 is 11.6 Å². The highest BCUT2D eigenvalue weighted by atomic mass is 16.2. The van der Waals surface area contributed by atoms with Gasteiger partial charge in [-0.3, -0.25) is 4.79 Å². The SMILES string of the molecule is CCCCCC(C)NC(=O)CN1CCc2ccccc21. The second-order valence-corrected chi connectivity index (χ2v) is 5.76. The monoisotopic (exact) mass is 274 g/mol. The van der Waals surface area contributed by atoms with Gasteiger partial charge in [0.05, 0.1) is 6.54 Å². The van der Waals surface area contributed by atoms with Gasteiger partial charge in [0.15, 0.2) is 0 Å².